The Labute approximate surface area is 118 Å². The Kier molecular flexibility index (Phi) is 10.9. The quantitative estimate of drug-likeness (QED) is 0.571. The number of hydrogen-bond acceptors (Lipinski definition) is 2. The van der Waals surface area contributed by atoms with Crippen LogP contribution in [0.15, 0.2) is 24.3 Å². The highest BCUT2D eigenvalue weighted by molar-refractivity contribution is 6.67. The number of carboxylic acids is 1. The second-order valence-corrected chi connectivity index (χ2v) is 4.45. The van der Waals surface area contributed by atoms with E-state index in [0.29, 0.717) is 6.42 Å². The Bertz CT molecular complexity index is 341. The van der Waals surface area contributed by atoms with Gasteiger partial charge in [-0.05, 0) is 18.6 Å². The van der Waals surface area contributed by atoms with Gasteiger partial charge < -0.3 is 9.84 Å². The van der Waals surface area contributed by atoms with Gasteiger partial charge in [0.05, 0.1) is 15.0 Å². The van der Waals surface area contributed by atoms with Crippen molar-refractivity contribution in [2.24, 2.45) is 0 Å². The summed E-state index contributed by atoms with van der Waals surface area (Å²) in [5.74, 6) is 0.233. The zero-order chi connectivity index (χ0) is 14.5. The maximum Gasteiger partial charge on any atom is 0.303 e. The molecule has 0 saturated carbocycles. The molecule has 0 aromatic heterocycles. The van der Waals surface area contributed by atoms with Gasteiger partial charge in [0.25, 0.3) is 0 Å². The van der Waals surface area contributed by atoms with E-state index in [0.717, 1.165) is 12.2 Å². The molecular formula is C13H23B3O3. The summed E-state index contributed by atoms with van der Waals surface area (Å²) < 4.78 is 5.09. The maximum atomic E-state index is 9.60. The molecule has 0 aliphatic carbocycles. The van der Waals surface area contributed by atoms with E-state index in [1.54, 1.807) is 7.11 Å². The molecule has 1 aromatic carbocycles. The molecule has 0 saturated heterocycles. The second kappa shape index (κ2) is 11.8. The van der Waals surface area contributed by atoms with Gasteiger partial charge in [0, 0.05) is 6.42 Å². The van der Waals surface area contributed by atoms with Crippen LogP contribution >= 0.6 is 0 Å². The first-order valence-corrected chi connectivity index (χ1v) is 6.98. The van der Waals surface area contributed by atoms with Crippen molar-refractivity contribution in [3.63, 3.8) is 0 Å². The molecule has 0 aliphatic rings. The summed E-state index contributed by atoms with van der Waals surface area (Å²) in [5, 5.41) is 7.91. The van der Waals surface area contributed by atoms with Gasteiger partial charge in [-0.15, -0.1) is 6.22 Å². The molecule has 6 heteroatoms. The van der Waals surface area contributed by atoms with Crippen LogP contribution in [0.3, 0.4) is 0 Å². The van der Waals surface area contributed by atoms with Gasteiger partial charge in [0.1, 0.15) is 20.3 Å². The molecule has 0 aliphatic heterocycles. The van der Waals surface area contributed by atoms with E-state index in [2.05, 4.69) is 20.0 Å². The molecule has 0 fully saturated rings. The molecule has 0 heterocycles. The van der Waals surface area contributed by atoms with Gasteiger partial charge in [-0.25, -0.2) is 0 Å². The fraction of sp³-hybridized carbons (Fsp3) is 0.462. The fourth-order valence-electron chi connectivity index (χ4n) is 1.59. The summed E-state index contributed by atoms with van der Waals surface area (Å²) in [6.45, 7) is 1.84. The summed E-state index contributed by atoms with van der Waals surface area (Å²) >= 11 is 0. The van der Waals surface area contributed by atoms with Crippen LogP contribution in [0.2, 0.25) is 12.4 Å². The standard InChI is InChI=1S/C9H15B3O.C4H8O2/c1-13-9-4-2-8(3-5-9)12-7-11-6-10;1-2-3-4(5)6/h2-5,11-12H,6-7,10H2,1H3;2-3H2,1H3,(H,5,6). The van der Waals surface area contributed by atoms with E-state index in [1.807, 2.05) is 19.1 Å². The maximum absolute atomic E-state index is 9.60. The number of methoxy groups -OCH3 is 1. The van der Waals surface area contributed by atoms with E-state index < -0.39 is 5.97 Å². The lowest BCUT2D eigenvalue weighted by Crippen LogP contribution is -2.15. The van der Waals surface area contributed by atoms with Crippen molar-refractivity contribution < 1.29 is 14.6 Å². The number of carbonyl (C=O) groups is 1. The lowest BCUT2D eigenvalue weighted by atomic mass is 9.48. The zero-order valence-corrected chi connectivity index (χ0v) is 12.3. The number of benzene rings is 1. The number of hydrogen-bond donors (Lipinski definition) is 1. The van der Waals surface area contributed by atoms with Crippen molar-refractivity contribution in [1.82, 2.24) is 0 Å². The average molecular weight is 260 g/mol. The molecule has 3 nitrogen and oxygen atoms in total. The summed E-state index contributed by atoms with van der Waals surface area (Å²) in [6, 6.07) is 8.35. The first-order valence-electron chi connectivity index (χ1n) is 6.98. The first-order chi connectivity index (χ1) is 9.13. The van der Waals surface area contributed by atoms with E-state index in [9.17, 15) is 4.79 Å². The summed E-state index contributed by atoms with van der Waals surface area (Å²) in [6.07, 6.45) is 3.61. The third-order valence-corrected chi connectivity index (χ3v) is 2.69. The smallest absolute Gasteiger partial charge is 0.303 e. The van der Waals surface area contributed by atoms with Crippen molar-refractivity contribution in [1.29, 1.82) is 0 Å². The molecule has 19 heavy (non-hydrogen) atoms. The van der Waals surface area contributed by atoms with Crippen LogP contribution in [0.5, 0.6) is 5.75 Å². The topological polar surface area (TPSA) is 46.5 Å². The number of ether oxygens (including phenoxy) is 1. The van der Waals surface area contributed by atoms with Crippen LogP contribution in [0.25, 0.3) is 0 Å². The molecule has 0 bridgehead atoms. The number of carboxylic acid groups (broad SMARTS) is 1. The van der Waals surface area contributed by atoms with Gasteiger partial charge in [0.15, 0.2) is 0 Å². The van der Waals surface area contributed by atoms with E-state index >= 15 is 0 Å². The molecule has 0 radical (unpaired) electrons. The highest BCUT2D eigenvalue weighted by Crippen LogP contribution is 2.05. The third kappa shape index (κ3) is 10.3. The van der Waals surface area contributed by atoms with Crippen LogP contribution in [0.4, 0.5) is 0 Å². The summed E-state index contributed by atoms with van der Waals surface area (Å²) in [4.78, 5) is 9.60. The minimum Gasteiger partial charge on any atom is -0.497 e. The second-order valence-electron chi connectivity index (χ2n) is 4.45. The van der Waals surface area contributed by atoms with Crippen LogP contribution in [-0.4, -0.2) is 40.6 Å². The van der Waals surface area contributed by atoms with E-state index in [-0.39, 0.29) is 0 Å². The molecule has 1 aromatic rings. The SMILES string of the molecule is BCBCBc1ccc(OC)cc1.CCCC(=O)O. The molecular weight excluding hydrogens is 237 g/mol. The van der Waals surface area contributed by atoms with E-state index in [4.69, 9.17) is 9.84 Å². The Hall–Kier alpha value is -1.32. The largest absolute Gasteiger partial charge is 0.497 e. The molecule has 0 amide bonds. The first kappa shape index (κ1) is 17.7. The Morgan fingerprint density at radius 1 is 1.37 bits per heavy atom. The zero-order valence-electron chi connectivity index (χ0n) is 12.3. The highest BCUT2D eigenvalue weighted by atomic mass is 16.5. The van der Waals surface area contributed by atoms with E-state index in [1.165, 1.54) is 32.5 Å². The van der Waals surface area contributed by atoms with Gasteiger partial charge >= 0.3 is 5.97 Å². The molecule has 1 rings (SSSR count). The molecule has 0 spiro atoms. The molecule has 0 atom stereocenters. The van der Waals surface area contributed by atoms with Crippen molar-refractivity contribution in [3.05, 3.63) is 24.3 Å². The Morgan fingerprint density at radius 3 is 2.37 bits per heavy atom. The van der Waals surface area contributed by atoms with Crippen LogP contribution in [0.1, 0.15) is 19.8 Å². The number of rotatable bonds is 7. The van der Waals surface area contributed by atoms with Crippen LogP contribution < -0.4 is 10.2 Å². The molecule has 102 valence electrons. The van der Waals surface area contributed by atoms with Crippen molar-refractivity contribution >= 4 is 33.8 Å². The van der Waals surface area contributed by atoms with Crippen molar-refractivity contribution in [2.45, 2.75) is 32.2 Å². The Balaban J connectivity index is 0.000000459. The Morgan fingerprint density at radius 2 is 2.00 bits per heavy atom. The lowest BCUT2D eigenvalue weighted by molar-refractivity contribution is -0.137. The normalized spacial score (nSPS) is 8.95. The summed E-state index contributed by atoms with van der Waals surface area (Å²) in [5.41, 5.74) is 1.41. The monoisotopic (exact) mass is 260 g/mol. The fourth-order valence-corrected chi connectivity index (χ4v) is 1.59. The minimum absolute atomic E-state index is 0.292. The van der Waals surface area contributed by atoms with Crippen LogP contribution in [-0.2, 0) is 4.79 Å². The lowest BCUT2D eigenvalue weighted by Gasteiger charge is -2.01. The molecule has 0 unspecified atom stereocenters. The number of aliphatic carboxylic acids is 1. The highest BCUT2D eigenvalue weighted by Gasteiger charge is 1.96. The summed E-state index contributed by atoms with van der Waals surface area (Å²) in [7, 11) is 6.45. The van der Waals surface area contributed by atoms with Gasteiger partial charge in [0.2, 0.25) is 0 Å². The van der Waals surface area contributed by atoms with Crippen molar-refractivity contribution in [2.75, 3.05) is 7.11 Å². The van der Waals surface area contributed by atoms with Crippen molar-refractivity contribution in [3.8, 4) is 5.75 Å². The van der Waals surface area contributed by atoms with Crippen LogP contribution in [0, 0.1) is 0 Å². The third-order valence-electron chi connectivity index (χ3n) is 2.69. The van der Waals surface area contributed by atoms with Gasteiger partial charge in [-0.3, -0.25) is 4.79 Å². The predicted octanol–water partition coefficient (Wildman–Crippen LogP) is 0.449. The van der Waals surface area contributed by atoms with Gasteiger partial charge in [-0.2, -0.15) is 0 Å². The average Bonchev–Trinajstić information content (AvgIpc) is 2.40. The predicted molar refractivity (Wildman–Crippen MR) is 87.6 cm³/mol. The molecule has 1 N–H and O–H groups in total. The minimum atomic E-state index is -0.711. The van der Waals surface area contributed by atoms with Gasteiger partial charge in [-0.1, -0.05) is 30.7 Å².